The summed E-state index contributed by atoms with van der Waals surface area (Å²) in [6.45, 7) is 4.92. The number of hydrogen-bond acceptors (Lipinski definition) is 3. The van der Waals surface area contributed by atoms with Crippen molar-refractivity contribution in [3.63, 3.8) is 0 Å². The van der Waals surface area contributed by atoms with E-state index in [1.807, 2.05) is 0 Å². The molecule has 3 N–H and O–H groups in total. The smallest absolute Gasteiger partial charge is 0.124 e. The monoisotopic (exact) mass is 334 g/mol. The van der Waals surface area contributed by atoms with Gasteiger partial charge in [-0.3, -0.25) is 4.90 Å². The molecule has 4 heteroatoms. The Labute approximate surface area is 149 Å². The summed E-state index contributed by atoms with van der Waals surface area (Å²) in [5.41, 5.74) is 11.9. The van der Waals surface area contributed by atoms with Gasteiger partial charge in [0.1, 0.15) is 5.82 Å². The number of imidazole rings is 1. The molecular formula is C21H26N4. The highest BCUT2D eigenvalue weighted by molar-refractivity contribution is 5.75. The zero-order valence-corrected chi connectivity index (χ0v) is 14.8. The van der Waals surface area contributed by atoms with Gasteiger partial charge in [0.05, 0.1) is 17.1 Å². The van der Waals surface area contributed by atoms with Crippen molar-refractivity contribution in [2.45, 2.75) is 38.8 Å². The number of H-pyrrole nitrogens is 1. The largest absolute Gasteiger partial charge is 0.341 e. The predicted octanol–water partition coefficient (Wildman–Crippen LogP) is 3.71. The number of likely N-dealkylation sites (tertiary alicyclic amines) is 1. The lowest BCUT2D eigenvalue weighted by Crippen LogP contribution is -2.23. The number of nitrogens with one attached hydrogen (secondary N) is 1. The second-order valence-electron chi connectivity index (χ2n) is 7.13. The molecular weight excluding hydrogens is 308 g/mol. The molecule has 1 fully saturated rings. The summed E-state index contributed by atoms with van der Waals surface area (Å²) in [7, 11) is 0. The van der Waals surface area contributed by atoms with E-state index in [4.69, 9.17) is 10.7 Å². The maximum atomic E-state index is 5.70. The number of aryl methyl sites for hydroxylation is 1. The second kappa shape index (κ2) is 6.98. The van der Waals surface area contributed by atoms with E-state index in [1.54, 1.807) is 0 Å². The van der Waals surface area contributed by atoms with E-state index >= 15 is 0 Å². The third-order valence-corrected chi connectivity index (χ3v) is 5.15. The molecule has 0 aliphatic carbocycles. The SMILES string of the molecule is Cc1ccc2nc(C3CCCN3Cc3cccc(CCN)c3)[nH]c2c1. The van der Waals surface area contributed by atoms with Gasteiger partial charge >= 0.3 is 0 Å². The van der Waals surface area contributed by atoms with Crippen molar-refractivity contribution in [1.82, 2.24) is 14.9 Å². The summed E-state index contributed by atoms with van der Waals surface area (Å²) >= 11 is 0. The first-order valence-corrected chi connectivity index (χ1v) is 9.21. The molecule has 0 bridgehead atoms. The Morgan fingerprint density at radius 1 is 1.20 bits per heavy atom. The Balaban J connectivity index is 1.56. The number of nitrogens with zero attached hydrogens (tertiary/aromatic N) is 2. The molecule has 4 rings (SSSR count). The van der Waals surface area contributed by atoms with Crippen LogP contribution in [0.4, 0.5) is 0 Å². The van der Waals surface area contributed by atoms with Gasteiger partial charge in [0.25, 0.3) is 0 Å². The van der Waals surface area contributed by atoms with Gasteiger partial charge < -0.3 is 10.7 Å². The maximum Gasteiger partial charge on any atom is 0.124 e. The number of nitrogens with two attached hydrogens (primary N) is 1. The fourth-order valence-electron chi connectivity index (χ4n) is 3.91. The molecule has 4 nitrogen and oxygen atoms in total. The molecule has 1 unspecified atom stereocenters. The van der Waals surface area contributed by atoms with Crippen molar-refractivity contribution < 1.29 is 0 Å². The van der Waals surface area contributed by atoms with Gasteiger partial charge in [-0.05, 0) is 68.1 Å². The van der Waals surface area contributed by atoms with E-state index in [2.05, 4.69) is 59.3 Å². The van der Waals surface area contributed by atoms with Crippen LogP contribution in [0.5, 0.6) is 0 Å². The topological polar surface area (TPSA) is 57.9 Å². The fraction of sp³-hybridized carbons (Fsp3) is 0.381. The third kappa shape index (κ3) is 3.46. The van der Waals surface area contributed by atoms with Gasteiger partial charge in [0.15, 0.2) is 0 Å². The van der Waals surface area contributed by atoms with E-state index in [-0.39, 0.29) is 0 Å². The molecule has 0 spiro atoms. The van der Waals surface area contributed by atoms with Crippen molar-refractivity contribution in [2.75, 3.05) is 13.1 Å². The average Bonchev–Trinajstić information content (AvgIpc) is 3.21. The number of fused-ring (bicyclic) bond motifs is 1. The summed E-state index contributed by atoms with van der Waals surface area (Å²) in [4.78, 5) is 11.0. The molecule has 0 radical (unpaired) electrons. The Morgan fingerprint density at radius 3 is 2.96 bits per heavy atom. The fourth-order valence-corrected chi connectivity index (χ4v) is 3.91. The molecule has 2 aromatic carbocycles. The summed E-state index contributed by atoms with van der Waals surface area (Å²) in [5, 5.41) is 0. The van der Waals surface area contributed by atoms with Crippen molar-refractivity contribution in [1.29, 1.82) is 0 Å². The number of aromatic amines is 1. The van der Waals surface area contributed by atoms with Gasteiger partial charge in [-0.15, -0.1) is 0 Å². The Morgan fingerprint density at radius 2 is 2.08 bits per heavy atom. The minimum atomic E-state index is 0.380. The van der Waals surface area contributed by atoms with Gasteiger partial charge in [0, 0.05) is 6.54 Å². The minimum absolute atomic E-state index is 0.380. The summed E-state index contributed by atoms with van der Waals surface area (Å²) in [6.07, 6.45) is 3.34. The van der Waals surface area contributed by atoms with Crippen molar-refractivity contribution in [3.05, 3.63) is 65.0 Å². The van der Waals surface area contributed by atoms with E-state index < -0.39 is 0 Å². The molecule has 1 aliphatic heterocycles. The first-order chi connectivity index (χ1) is 12.2. The van der Waals surface area contributed by atoms with Crippen molar-refractivity contribution in [3.8, 4) is 0 Å². The molecule has 130 valence electrons. The third-order valence-electron chi connectivity index (χ3n) is 5.15. The molecule has 1 atom stereocenters. The van der Waals surface area contributed by atoms with Crippen molar-refractivity contribution in [2.24, 2.45) is 5.73 Å². The van der Waals surface area contributed by atoms with E-state index in [0.717, 1.165) is 36.4 Å². The van der Waals surface area contributed by atoms with Gasteiger partial charge in [-0.1, -0.05) is 30.3 Å². The van der Waals surface area contributed by atoms with Crippen LogP contribution in [0.1, 0.15) is 41.4 Å². The van der Waals surface area contributed by atoms with Gasteiger partial charge in [0.2, 0.25) is 0 Å². The zero-order chi connectivity index (χ0) is 17.2. The lowest BCUT2D eigenvalue weighted by molar-refractivity contribution is 0.241. The van der Waals surface area contributed by atoms with Gasteiger partial charge in [-0.25, -0.2) is 4.98 Å². The molecule has 0 saturated carbocycles. The Bertz CT molecular complexity index is 867. The van der Waals surface area contributed by atoms with Crippen LogP contribution in [0, 0.1) is 6.92 Å². The van der Waals surface area contributed by atoms with E-state index in [0.29, 0.717) is 12.6 Å². The minimum Gasteiger partial charge on any atom is -0.341 e. The average molecular weight is 334 g/mol. The van der Waals surface area contributed by atoms with Crippen LogP contribution in [-0.4, -0.2) is 28.0 Å². The standard InChI is InChI=1S/C21H26N4/c1-15-7-8-18-19(12-15)24-21(23-18)20-6-3-11-25(20)14-17-5-2-4-16(13-17)9-10-22/h2,4-5,7-8,12-13,20H,3,6,9-11,14,22H2,1H3,(H,23,24). The normalized spacial score (nSPS) is 18.2. The van der Waals surface area contributed by atoms with Crippen LogP contribution >= 0.6 is 0 Å². The highest BCUT2D eigenvalue weighted by Gasteiger charge is 2.28. The molecule has 2 heterocycles. The highest BCUT2D eigenvalue weighted by Crippen LogP contribution is 2.32. The van der Waals surface area contributed by atoms with Crippen LogP contribution in [0.3, 0.4) is 0 Å². The predicted molar refractivity (Wildman–Crippen MR) is 102 cm³/mol. The van der Waals surface area contributed by atoms with Crippen LogP contribution in [0.2, 0.25) is 0 Å². The first kappa shape index (κ1) is 16.3. The zero-order valence-electron chi connectivity index (χ0n) is 14.8. The van der Waals surface area contributed by atoms with E-state index in [9.17, 15) is 0 Å². The number of aromatic nitrogens is 2. The van der Waals surface area contributed by atoms with Crippen LogP contribution in [0.25, 0.3) is 11.0 Å². The van der Waals surface area contributed by atoms with Crippen LogP contribution in [0.15, 0.2) is 42.5 Å². The summed E-state index contributed by atoms with van der Waals surface area (Å²) in [5.74, 6) is 1.11. The lowest BCUT2D eigenvalue weighted by Gasteiger charge is -2.23. The number of benzene rings is 2. The highest BCUT2D eigenvalue weighted by atomic mass is 15.2. The maximum absolute atomic E-state index is 5.70. The number of rotatable bonds is 5. The molecule has 3 aromatic rings. The second-order valence-corrected chi connectivity index (χ2v) is 7.13. The molecule has 1 aliphatic rings. The molecule has 1 saturated heterocycles. The summed E-state index contributed by atoms with van der Waals surface area (Å²) in [6, 6.07) is 15.6. The van der Waals surface area contributed by atoms with Gasteiger partial charge in [-0.2, -0.15) is 0 Å². The molecule has 25 heavy (non-hydrogen) atoms. The van der Waals surface area contributed by atoms with E-state index in [1.165, 1.54) is 29.5 Å². The summed E-state index contributed by atoms with van der Waals surface area (Å²) < 4.78 is 0. The lowest BCUT2D eigenvalue weighted by atomic mass is 10.1. The first-order valence-electron chi connectivity index (χ1n) is 9.21. The van der Waals surface area contributed by atoms with Crippen molar-refractivity contribution >= 4 is 11.0 Å². The molecule has 0 amide bonds. The quantitative estimate of drug-likeness (QED) is 0.748. The van der Waals surface area contributed by atoms with Crippen LogP contribution < -0.4 is 5.73 Å². The number of hydrogen-bond donors (Lipinski definition) is 2. The Hall–Kier alpha value is -2.17. The molecule has 1 aromatic heterocycles. The Kier molecular flexibility index (Phi) is 4.55. The van der Waals surface area contributed by atoms with Crippen LogP contribution in [-0.2, 0) is 13.0 Å².